The van der Waals surface area contributed by atoms with E-state index in [1.807, 2.05) is 0 Å². The second kappa shape index (κ2) is 7.33. The Morgan fingerprint density at radius 3 is 2.71 bits per heavy atom. The number of nitrogens with zero attached hydrogens (tertiary/aromatic N) is 4. The second-order valence-electron chi connectivity index (χ2n) is 4.73. The molecule has 0 aliphatic rings. The number of nitrogens with two attached hydrogens (primary N) is 1. The van der Waals surface area contributed by atoms with Gasteiger partial charge < -0.3 is 11.2 Å². The van der Waals surface area contributed by atoms with Crippen molar-refractivity contribution < 1.29 is 4.79 Å². The van der Waals surface area contributed by atoms with Gasteiger partial charge in [0, 0.05) is 16.8 Å². The van der Waals surface area contributed by atoms with E-state index < -0.39 is 0 Å². The van der Waals surface area contributed by atoms with Crippen LogP contribution in [0.1, 0.15) is 0 Å². The van der Waals surface area contributed by atoms with Gasteiger partial charge in [-0.25, -0.2) is 9.66 Å². The van der Waals surface area contributed by atoms with Gasteiger partial charge in [-0.1, -0.05) is 29.4 Å². The summed E-state index contributed by atoms with van der Waals surface area (Å²) in [4.78, 5) is 16.0. The number of rotatable bonds is 5. The van der Waals surface area contributed by atoms with Gasteiger partial charge in [-0.2, -0.15) is 0 Å². The fourth-order valence-corrected chi connectivity index (χ4v) is 2.70. The van der Waals surface area contributed by atoms with E-state index in [1.54, 1.807) is 48.7 Å². The van der Waals surface area contributed by atoms with Crippen LogP contribution in [0.4, 0.5) is 5.82 Å². The maximum absolute atomic E-state index is 11.9. The van der Waals surface area contributed by atoms with Crippen LogP contribution in [0.5, 0.6) is 0 Å². The Morgan fingerprint density at radius 1 is 1.21 bits per heavy atom. The Morgan fingerprint density at radius 2 is 2.00 bits per heavy atom. The Bertz CT molecular complexity index is 837. The predicted octanol–water partition coefficient (Wildman–Crippen LogP) is 2.44. The third-order valence-corrected chi connectivity index (χ3v) is 4.23. The van der Waals surface area contributed by atoms with Crippen molar-refractivity contribution in [1.29, 1.82) is 0 Å². The van der Waals surface area contributed by atoms with E-state index in [0.29, 0.717) is 21.8 Å². The maximum atomic E-state index is 11.9. The fourth-order valence-electron chi connectivity index (χ4n) is 1.92. The maximum Gasteiger partial charge on any atom is 0.236 e. The number of carbonyl (C=O) groups excluding carboxylic acids is 1. The molecule has 9 heteroatoms. The zero-order valence-electron chi connectivity index (χ0n) is 12.4. The molecule has 0 bridgehead atoms. The van der Waals surface area contributed by atoms with Gasteiger partial charge in [-0.15, -0.1) is 10.2 Å². The third-order valence-electron chi connectivity index (χ3n) is 3.03. The highest BCUT2D eigenvalue weighted by atomic mass is 35.5. The molecule has 1 aromatic carbocycles. The van der Waals surface area contributed by atoms with Crippen molar-refractivity contribution in [2.75, 3.05) is 16.9 Å². The highest BCUT2D eigenvalue weighted by Crippen LogP contribution is 2.23. The van der Waals surface area contributed by atoms with Crippen LogP contribution in [0.25, 0.3) is 11.4 Å². The van der Waals surface area contributed by atoms with E-state index in [9.17, 15) is 4.79 Å². The zero-order valence-corrected chi connectivity index (χ0v) is 14.0. The molecule has 2 heterocycles. The number of pyridine rings is 1. The molecule has 2 aromatic heterocycles. The molecule has 24 heavy (non-hydrogen) atoms. The summed E-state index contributed by atoms with van der Waals surface area (Å²) in [6, 6.07) is 12.4. The van der Waals surface area contributed by atoms with Crippen molar-refractivity contribution in [1.82, 2.24) is 19.9 Å². The molecule has 7 nitrogen and oxygen atoms in total. The van der Waals surface area contributed by atoms with Gasteiger partial charge in [0.15, 0.2) is 5.82 Å². The molecule has 3 rings (SSSR count). The first-order valence-electron chi connectivity index (χ1n) is 6.93. The molecule has 0 saturated carbocycles. The van der Waals surface area contributed by atoms with Crippen molar-refractivity contribution in [2.45, 2.75) is 5.16 Å². The van der Waals surface area contributed by atoms with Crippen LogP contribution in [0, 0.1) is 0 Å². The summed E-state index contributed by atoms with van der Waals surface area (Å²) in [5, 5.41) is 11.8. The molecular weight excluding hydrogens is 348 g/mol. The lowest BCUT2D eigenvalue weighted by Crippen LogP contribution is -2.17. The molecule has 0 atom stereocenters. The lowest BCUT2D eigenvalue weighted by atomic mass is 10.2. The van der Waals surface area contributed by atoms with E-state index >= 15 is 0 Å². The van der Waals surface area contributed by atoms with Crippen LogP contribution in [0.2, 0.25) is 5.02 Å². The minimum absolute atomic E-state index is 0.145. The highest BCUT2D eigenvalue weighted by molar-refractivity contribution is 7.99. The van der Waals surface area contributed by atoms with Crippen molar-refractivity contribution in [3.05, 3.63) is 53.7 Å². The van der Waals surface area contributed by atoms with Crippen LogP contribution in [0.3, 0.4) is 0 Å². The Hall–Kier alpha value is -2.58. The van der Waals surface area contributed by atoms with Gasteiger partial charge in [0.05, 0.1) is 5.75 Å². The SMILES string of the molecule is Nn1c(SCC(=O)Nc2ccccn2)nnc1-c1ccc(Cl)cc1. The minimum Gasteiger partial charge on any atom is -0.335 e. The van der Waals surface area contributed by atoms with Crippen molar-refractivity contribution in [3.63, 3.8) is 0 Å². The largest absolute Gasteiger partial charge is 0.335 e. The van der Waals surface area contributed by atoms with E-state index in [0.717, 1.165) is 5.56 Å². The van der Waals surface area contributed by atoms with E-state index in [1.165, 1.54) is 16.4 Å². The van der Waals surface area contributed by atoms with Crippen molar-refractivity contribution in [2.24, 2.45) is 0 Å². The number of hydrogen-bond acceptors (Lipinski definition) is 6. The molecule has 122 valence electrons. The summed E-state index contributed by atoms with van der Waals surface area (Å²) >= 11 is 7.06. The number of anilines is 1. The molecule has 1 amide bonds. The summed E-state index contributed by atoms with van der Waals surface area (Å²) in [6.07, 6.45) is 1.61. The van der Waals surface area contributed by atoms with E-state index in [2.05, 4.69) is 20.5 Å². The highest BCUT2D eigenvalue weighted by Gasteiger charge is 2.14. The average molecular weight is 361 g/mol. The molecule has 0 fully saturated rings. The Balaban J connectivity index is 1.64. The quantitative estimate of drug-likeness (QED) is 0.535. The van der Waals surface area contributed by atoms with Crippen LogP contribution in [-0.4, -0.2) is 31.5 Å². The fraction of sp³-hybridized carbons (Fsp3) is 0.0667. The molecule has 3 aromatic rings. The predicted molar refractivity (Wildman–Crippen MR) is 94.2 cm³/mol. The van der Waals surface area contributed by atoms with Gasteiger partial charge >= 0.3 is 0 Å². The third kappa shape index (κ3) is 3.84. The van der Waals surface area contributed by atoms with E-state index in [4.69, 9.17) is 17.4 Å². The summed E-state index contributed by atoms with van der Waals surface area (Å²) < 4.78 is 1.35. The average Bonchev–Trinajstić information content (AvgIpc) is 2.95. The lowest BCUT2D eigenvalue weighted by molar-refractivity contribution is -0.113. The van der Waals surface area contributed by atoms with Crippen LogP contribution in [0.15, 0.2) is 53.8 Å². The summed E-state index contributed by atoms with van der Waals surface area (Å²) in [5.41, 5.74) is 0.791. The summed E-state index contributed by atoms with van der Waals surface area (Å²) in [7, 11) is 0. The summed E-state index contributed by atoms with van der Waals surface area (Å²) in [6.45, 7) is 0. The van der Waals surface area contributed by atoms with Gasteiger partial charge in [-0.3, -0.25) is 4.79 Å². The Labute approximate surface area is 147 Å². The van der Waals surface area contributed by atoms with Crippen LogP contribution < -0.4 is 11.2 Å². The number of carbonyl (C=O) groups is 1. The normalized spacial score (nSPS) is 10.5. The Kier molecular flexibility index (Phi) is 4.97. The first-order valence-corrected chi connectivity index (χ1v) is 8.30. The first kappa shape index (κ1) is 16.3. The monoisotopic (exact) mass is 360 g/mol. The number of nitrogen functional groups attached to an aromatic ring is 1. The second-order valence-corrected chi connectivity index (χ2v) is 6.11. The number of halogens is 1. The molecule has 0 aliphatic carbocycles. The number of amides is 1. The van der Waals surface area contributed by atoms with Gasteiger partial charge in [0.2, 0.25) is 11.1 Å². The molecule has 0 unspecified atom stereocenters. The lowest BCUT2D eigenvalue weighted by Gasteiger charge is -2.05. The molecular formula is C15H13ClN6OS. The van der Waals surface area contributed by atoms with Crippen LogP contribution >= 0.6 is 23.4 Å². The number of thioether (sulfide) groups is 1. The molecule has 3 N–H and O–H groups in total. The van der Waals surface area contributed by atoms with E-state index in [-0.39, 0.29) is 11.7 Å². The van der Waals surface area contributed by atoms with Crippen molar-refractivity contribution >= 4 is 35.1 Å². The topological polar surface area (TPSA) is 98.7 Å². The van der Waals surface area contributed by atoms with Crippen molar-refractivity contribution in [3.8, 4) is 11.4 Å². The molecule has 0 radical (unpaired) electrons. The smallest absolute Gasteiger partial charge is 0.236 e. The van der Waals surface area contributed by atoms with Gasteiger partial charge in [0.25, 0.3) is 0 Å². The number of nitrogens with one attached hydrogen (secondary N) is 1. The molecule has 0 saturated heterocycles. The minimum atomic E-state index is -0.199. The summed E-state index contributed by atoms with van der Waals surface area (Å²) in [5.74, 6) is 6.95. The molecule has 0 aliphatic heterocycles. The van der Waals surface area contributed by atoms with Crippen LogP contribution in [-0.2, 0) is 4.79 Å². The van der Waals surface area contributed by atoms with Gasteiger partial charge in [0.1, 0.15) is 5.82 Å². The first-order chi connectivity index (χ1) is 11.6. The number of aromatic nitrogens is 4. The standard InChI is InChI=1S/C15H13ClN6OS/c16-11-6-4-10(5-7-11)14-20-21-15(22(14)17)24-9-13(23)19-12-3-1-2-8-18-12/h1-8H,9,17H2,(H,18,19,23). The zero-order chi connectivity index (χ0) is 16.9. The van der Waals surface area contributed by atoms with Gasteiger partial charge in [-0.05, 0) is 36.4 Å². The molecule has 0 spiro atoms. The number of hydrogen-bond donors (Lipinski definition) is 2. The number of benzene rings is 1.